The number of likely N-dealkylation sites (tertiary alicyclic amines) is 1. The Hall–Kier alpha value is -2.24. The molecular weight excluding hydrogens is 256 g/mol. The van der Waals surface area contributed by atoms with Crippen molar-refractivity contribution in [3.05, 3.63) is 28.7 Å². The minimum atomic E-state index is -0.188. The average Bonchev–Trinajstić information content (AvgIpc) is 2.78. The van der Waals surface area contributed by atoms with Crippen LogP contribution >= 0.6 is 0 Å². The predicted molar refractivity (Wildman–Crippen MR) is 77.8 cm³/mol. The number of H-pyrrole nitrogens is 2. The van der Waals surface area contributed by atoms with Crippen LogP contribution in [-0.2, 0) is 4.79 Å². The van der Waals surface area contributed by atoms with Crippen LogP contribution in [0, 0.1) is 0 Å². The molecule has 0 aliphatic carbocycles. The summed E-state index contributed by atoms with van der Waals surface area (Å²) < 4.78 is 0. The van der Waals surface area contributed by atoms with Crippen molar-refractivity contribution in [3.8, 4) is 0 Å². The number of rotatable bonds is 2. The standard InChI is InChI=1S/C14H18N4O2/c1-9(19)18-6-4-10(5-7-18)15-11-2-3-12-13(8-11)17-14(20)16-12/h2-3,8,10,15H,4-7H2,1H3,(H2,16,17,20). The van der Waals surface area contributed by atoms with Crippen LogP contribution in [-0.4, -0.2) is 39.9 Å². The first-order valence-electron chi connectivity index (χ1n) is 6.86. The Morgan fingerprint density at radius 3 is 2.65 bits per heavy atom. The maximum atomic E-state index is 11.3. The summed E-state index contributed by atoms with van der Waals surface area (Å²) in [6.45, 7) is 3.22. The minimum Gasteiger partial charge on any atom is -0.382 e. The topological polar surface area (TPSA) is 81.0 Å². The average molecular weight is 274 g/mol. The quantitative estimate of drug-likeness (QED) is 0.771. The van der Waals surface area contributed by atoms with Gasteiger partial charge in [-0.1, -0.05) is 0 Å². The van der Waals surface area contributed by atoms with Crippen molar-refractivity contribution < 1.29 is 4.79 Å². The number of anilines is 1. The molecule has 20 heavy (non-hydrogen) atoms. The van der Waals surface area contributed by atoms with E-state index >= 15 is 0 Å². The molecule has 1 aliphatic heterocycles. The Morgan fingerprint density at radius 2 is 1.95 bits per heavy atom. The fourth-order valence-corrected chi connectivity index (χ4v) is 2.70. The molecule has 1 aromatic heterocycles. The molecule has 0 bridgehead atoms. The lowest BCUT2D eigenvalue weighted by molar-refractivity contribution is -0.129. The Kier molecular flexibility index (Phi) is 3.22. The molecule has 6 heteroatoms. The molecule has 3 rings (SSSR count). The van der Waals surface area contributed by atoms with Gasteiger partial charge in [0.2, 0.25) is 5.91 Å². The van der Waals surface area contributed by atoms with Gasteiger partial charge in [-0.15, -0.1) is 0 Å². The van der Waals surface area contributed by atoms with Crippen molar-refractivity contribution in [1.29, 1.82) is 0 Å². The number of benzene rings is 1. The number of nitrogens with zero attached hydrogens (tertiary/aromatic N) is 1. The lowest BCUT2D eigenvalue weighted by atomic mass is 10.0. The highest BCUT2D eigenvalue weighted by Gasteiger charge is 2.20. The van der Waals surface area contributed by atoms with Gasteiger partial charge in [0.25, 0.3) is 0 Å². The maximum Gasteiger partial charge on any atom is 0.323 e. The highest BCUT2D eigenvalue weighted by Crippen LogP contribution is 2.19. The van der Waals surface area contributed by atoms with Crippen molar-refractivity contribution in [1.82, 2.24) is 14.9 Å². The van der Waals surface area contributed by atoms with Crippen LogP contribution in [0.2, 0.25) is 0 Å². The number of aromatic nitrogens is 2. The molecule has 106 valence electrons. The molecule has 1 aromatic carbocycles. The number of aromatic amines is 2. The molecular formula is C14H18N4O2. The number of fused-ring (bicyclic) bond motifs is 1. The first kappa shape index (κ1) is 12.8. The summed E-state index contributed by atoms with van der Waals surface area (Å²) in [5.74, 6) is 0.148. The monoisotopic (exact) mass is 274 g/mol. The SMILES string of the molecule is CC(=O)N1CCC(Nc2ccc3[nH]c(=O)[nH]c3c2)CC1. The number of carbonyl (C=O) groups excluding carboxylic acids is 1. The number of hydrogen-bond donors (Lipinski definition) is 3. The highest BCUT2D eigenvalue weighted by molar-refractivity contribution is 5.78. The van der Waals surface area contributed by atoms with E-state index in [0.717, 1.165) is 42.7 Å². The van der Waals surface area contributed by atoms with Crippen molar-refractivity contribution in [3.63, 3.8) is 0 Å². The van der Waals surface area contributed by atoms with E-state index in [0.29, 0.717) is 6.04 Å². The smallest absolute Gasteiger partial charge is 0.323 e. The Labute approximate surface area is 116 Å². The Balaban J connectivity index is 1.68. The van der Waals surface area contributed by atoms with E-state index in [9.17, 15) is 9.59 Å². The molecule has 0 saturated carbocycles. The van der Waals surface area contributed by atoms with E-state index in [1.807, 2.05) is 23.1 Å². The molecule has 1 fully saturated rings. The van der Waals surface area contributed by atoms with Gasteiger partial charge in [-0.05, 0) is 31.0 Å². The second kappa shape index (κ2) is 5.03. The molecule has 6 nitrogen and oxygen atoms in total. The zero-order chi connectivity index (χ0) is 14.1. The normalized spacial score (nSPS) is 16.6. The molecule has 2 aromatic rings. The number of nitrogens with one attached hydrogen (secondary N) is 3. The fourth-order valence-electron chi connectivity index (χ4n) is 2.70. The molecule has 1 saturated heterocycles. The van der Waals surface area contributed by atoms with Crippen molar-refractivity contribution in [2.75, 3.05) is 18.4 Å². The molecule has 2 heterocycles. The van der Waals surface area contributed by atoms with Gasteiger partial charge < -0.3 is 20.2 Å². The second-order valence-corrected chi connectivity index (χ2v) is 5.26. The van der Waals surface area contributed by atoms with E-state index in [4.69, 9.17) is 0 Å². The van der Waals surface area contributed by atoms with Gasteiger partial charge in [0.05, 0.1) is 11.0 Å². The first-order chi connectivity index (χ1) is 9.61. The van der Waals surface area contributed by atoms with E-state index in [1.54, 1.807) is 6.92 Å². The van der Waals surface area contributed by atoms with Gasteiger partial charge in [-0.2, -0.15) is 0 Å². The van der Waals surface area contributed by atoms with Crippen LogP contribution in [0.1, 0.15) is 19.8 Å². The van der Waals surface area contributed by atoms with Gasteiger partial charge in [0, 0.05) is 31.7 Å². The summed E-state index contributed by atoms with van der Waals surface area (Å²) in [7, 11) is 0. The third kappa shape index (κ3) is 2.54. The van der Waals surface area contributed by atoms with Crippen LogP contribution in [0.4, 0.5) is 5.69 Å². The molecule has 1 aliphatic rings. The third-order valence-corrected chi connectivity index (χ3v) is 3.83. The van der Waals surface area contributed by atoms with Gasteiger partial charge in [0.15, 0.2) is 0 Å². The fraction of sp³-hybridized carbons (Fsp3) is 0.429. The van der Waals surface area contributed by atoms with E-state index in [2.05, 4.69) is 15.3 Å². The van der Waals surface area contributed by atoms with Crippen molar-refractivity contribution >= 4 is 22.6 Å². The van der Waals surface area contributed by atoms with E-state index in [1.165, 1.54) is 0 Å². The Morgan fingerprint density at radius 1 is 1.25 bits per heavy atom. The summed E-state index contributed by atoms with van der Waals surface area (Å²) in [5.41, 5.74) is 2.43. The highest BCUT2D eigenvalue weighted by atomic mass is 16.2. The van der Waals surface area contributed by atoms with Crippen LogP contribution in [0.15, 0.2) is 23.0 Å². The predicted octanol–water partition coefficient (Wildman–Crippen LogP) is 1.28. The number of hydrogen-bond acceptors (Lipinski definition) is 3. The number of imidazole rings is 1. The van der Waals surface area contributed by atoms with E-state index < -0.39 is 0 Å². The second-order valence-electron chi connectivity index (χ2n) is 5.26. The summed E-state index contributed by atoms with van der Waals surface area (Å²) in [4.78, 5) is 29.9. The lowest BCUT2D eigenvalue weighted by Gasteiger charge is -2.32. The van der Waals surface area contributed by atoms with Gasteiger partial charge in [-0.25, -0.2) is 4.79 Å². The maximum absolute atomic E-state index is 11.3. The molecule has 0 unspecified atom stereocenters. The molecule has 0 spiro atoms. The summed E-state index contributed by atoms with van der Waals surface area (Å²) in [6, 6.07) is 6.16. The van der Waals surface area contributed by atoms with Crippen molar-refractivity contribution in [2.24, 2.45) is 0 Å². The minimum absolute atomic E-state index is 0.148. The van der Waals surface area contributed by atoms with Crippen LogP contribution in [0.3, 0.4) is 0 Å². The summed E-state index contributed by atoms with van der Waals surface area (Å²) >= 11 is 0. The number of amides is 1. The Bertz CT molecular complexity index is 680. The van der Waals surface area contributed by atoms with E-state index in [-0.39, 0.29) is 11.6 Å². The molecule has 0 atom stereocenters. The lowest BCUT2D eigenvalue weighted by Crippen LogP contribution is -2.41. The largest absolute Gasteiger partial charge is 0.382 e. The van der Waals surface area contributed by atoms with Crippen LogP contribution in [0.25, 0.3) is 11.0 Å². The van der Waals surface area contributed by atoms with Gasteiger partial charge >= 0.3 is 5.69 Å². The van der Waals surface area contributed by atoms with Crippen molar-refractivity contribution in [2.45, 2.75) is 25.8 Å². The van der Waals surface area contributed by atoms with Crippen LogP contribution < -0.4 is 11.0 Å². The first-order valence-corrected chi connectivity index (χ1v) is 6.86. The number of piperidine rings is 1. The van der Waals surface area contributed by atoms with Gasteiger partial charge in [0.1, 0.15) is 0 Å². The van der Waals surface area contributed by atoms with Gasteiger partial charge in [-0.3, -0.25) is 4.79 Å². The molecule has 1 amide bonds. The zero-order valence-electron chi connectivity index (χ0n) is 11.4. The molecule has 0 radical (unpaired) electrons. The van der Waals surface area contributed by atoms with Crippen LogP contribution in [0.5, 0.6) is 0 Å². The molecule has 3 N–H and O–H groups in total. The summed E-state index contributed by atoms with van der Waals surface area (Å²) in [6.07, 6.45) is 1.89. The summed E-state index contributed by atoms with van der Waals surface area (Å²) in [5, 5.41) is 3.47. The zero-order valence-corrected chi connectivity index (χ0v) is 11.4. The number of carbonyl (C=O) groups is 1. The third-order valence-electron chi connectivity index (χ3n) is 3.83.